The largest absolute Gasteiger partial charge is 0.371 e. The Hall–Kier alpha value is -2.31. The van der Waals surface area contributed by atoms with Crippen LogP contribution in [-0.2, 0) is 11.0 Å². The molecule has 0 saturated carbocycles. The van der Waals surface area contributed by atoms with Gasteiger partial charge in [0.25, 0.3) is 0 Å². The molecule has 4 heterocycles. The number of thiazole rings is 1. The molecule has 1 unspecified atom stereocenters. The van der Waals surface area contributed by atoms with Crippen molar-refractivity contribution >= 4 is 52.2 Å². The minimum atomic E-state index is -1.31. The van der Waals surface area contributed by atoms with E-state index in [0.29, 0.717) is 15.8 Å². The number of benzene rings is 1. The fraction of sp³-hybridized carbons (Fsp3) is 0.348. The lowest BCUT2D eigenvalue weighted by Crippen LogP contribution is -2.35. The molecule has 2 aliphatic rings. The number of hydrogen-bond donors (Lipinski definition) is 2. The molecule has 0 bridgehead atoms. The van der Waals surface area contributed by atoms with Gasteiger partial charge >= 0.3 is 0 Å². The second kappa shape index (κ2) is 8.23. The van der Waals surface area contributed by atoms with Crippen molar-refractivity contribution in [1.29, 1.82) is 0 Å². The highest BCUT2D eigenvalue weighted by Crippen LogP contribution is 2.51. The van der Waals surface area contributed by atoms with E-state index in [4.69, 9.17) is 17.3 Å². The molecule has 2 aromatic heterocycles. The number of aliphatic hydroxyl groups is 1. The molecule has 3 N–H and O–H groups in total. The summed E-state index contributed by atoms with van der Waals surface area (Å²) >= 11 is 9.88. The number of halogens is 1. The van der Waals surface area contributed by atoms with Crippen molar-refractivity contribution in [2.45, 2.75) is 30.8 Å². The first-order chi connectivity index (χ1) is 15.4. The summed E-state index contributed by atoms with van der Waals surface area (Å²) in [6.45, 7) is 2.46. The number of hydrogen-bond acceptors (Lipinski definition) is 8. The number of thioether (sulfide) groups is 1. The van der Waals surface area contributed by atoms with Crippen molar-refractivity contribution in [2.75, 3.05) is 28.7 Å². The van der Waals surface area contributed by atoms with E-state index < -0.39 is 5.60 Å². The van der Waals surface area contributed by atoms with Gasteiger partial charge in [0.2, 0.25) is 5.95 Å². The van der Waals surface area contributed by atoms with Crippen LogP contribution in [0.3, 0.4) is 0 Å². The lowest BCUT2D eigenvalue weighted by molar-refractivity contribution is 0.122. The third-order valence-electron chi connectivity index (χ3n) is 6.07. The summed E-state index contributed by atoms with van der Waals surface area (Å²) in [5, 5.41) is 13.6. The van der Waals surface area contributed by atoms with Crippen LogP contribution in [0.2, 0.25) is 5.02 Å². The third kappa shape index (κ3) is 3.84. The Balaban J connectivity index is 1.58. The quantitative estimate of drug-likeness (QED) is 0.524. The summed E-state index contributed by atoms with van der Waals surface area (Å²) in [5.41, 5.74) is 7.79. The SMILES string of the molecule is CC(O)(C#Cc1ccc2c(c1)N(c1nc(N)ncc1Cl)CC21CCSCC1)c1nccs1. The molecule has 32 heavy (non-hydrogen) atoms. The number of nitrogen functional groups attached to an aromatic ring is 1. The average molecular weight is 484 g/mol. The Bertz CT molecular complexity index is 1210. The first kappa shape index (κ1) is 21.5. The van der Waals surface area contributed by atoms with Gasteiger partial charge in [0.1, 0.15) is 10.0 Å². The highest BCUT2D eigenvalue weighted by atomic mass is 35.5. The highest BCUT2D eigenvalue weighted by Gasteiger charge is 2.44. The van der Waals surface area contributed by atoms with Gasteiger partial charge in [-0.05, 0) is 49.0 Å². The minimum Gasteiger partial charge on any atom is -0.371 e. The normalized spacial score (nSPS) is 18.7. The van der Waals surface area contributed by atoms with E-state index in [9.17, 15) is 5.11 Å². The summed E-state index contributed by atoms with van der Waals surface area (Å²) in [5.74, 6) is 9.19. The van der Waals surface area contributed by atoms with E-state index in [1.807, 2.05) is 23.2 Å². The molecule has 1 fully saturated rings. The maximum atomic E-state index is 10.7. The predicted octanol–water partition coefficient (Wildman–Crippen LogP) is 4.34. The van der Waals surface area contributed by atoms with Gasteiger partial charge in [-0.3, -0.25) is 0 Å². The van der Waals surface area contributed by atoms with Crippen molar-refractivity contribution in [1.82, 2.24) is 15.0 Å². The van der Waals surface area contributed by atoms with Crippen LogP contribution in [0.15, 0.2) is 36.0 Å². The first-order valence-electron chi connectivity index (χ1n) is 10.3. The number of fused-ring (bicyclic) bond motifs is 2. The van der Waals surface area contributed by atoms with E-state index >= 15 is 0 Å². The monoisotopic (exact) mass is 483 g/mol. The number of aromatic nitrogens is 3. The van der Waals surface area contributed by atoms with Crippen LogP contribution in [0.4, 0.5) is 17.5 Å². The van der Waals surface area contributed by atoms with Crippen molar-refractivity contribution in [3.05, 3.63) is 57.1 Å². The number of anilines is 3. The predicted molar refractivity (Wildman–Crippen MR) is 132 cm³/mol. The zero-order valence-electron chi connectivity index (χ0n) is 17.5. The van der Waals surface area contributed by atoms with Crippen LogP contribution >= 0.6 is 34.7 Å². The Labute approximate surface area is 200 Å². The molecule has 6 nitrogen and oxygen atoms in total. The minimum absolute atomic E-state index is 0.0575. The Morgan fingerprint density at radius 2 is 2.09 bits per heavy atom. The molecule has 0 amide bonds. The van der Waals surface area contributed by atoms with Crippen LogP contribution in [0.1, 0.15) is 35.9 Å². The maximum absolute atomic E-state index is 10.7. The standard InChI is InChI=1S/C23H22ClN5OS2/c1-22(30,20-26-8-11-32-20)5-4-15-2-3-16-18(12-15)29(14-23(16)6-9-31-10-7-23)19-17(24)13-27-21(25)28-19/h2-3,8,11-13,30H,6-7,9-10,14H2,1H3,(H2,25,27,28). The second-order valence-corrected chi connectivity index (χ2v) is 10.8. The number of nitrogens with two attached hydrogens (primary N) is 1. The Kier molecular flexibility index (Phi) is 5.54. The third-order valence-corrected chi connectivity index (χ3v) is 8.31. The average Bonchev–Trinajstić information content (AvgIpc) is 3.43. The topological polar surface area (TPSA) is 88.2 Å². The van der Waals surface area contributed by atoms with Gasteiger partial charge in [-0.2, -0.15) is 16.7 Å². The molecule has 1 aromatic carbocycles. The highest BCUT2D eigenvalue weighted by molar-refractivity contribution is 7.99. The molecule has 9 heteroatoms. The first-order valence-corrected chi connectivity index (χ1v) is 12.7. The fourth-order valence-corrected chi connectivity index (χ4v) is 6.52. The van der Waals surface area contributed by atoms with Gasteiger partial charge in [0.05, 0.1) is 6.20 Å². The van der Waals surface area contributed by atoms with E-state index in [2.05, 4.69) is 43.8 Å². The van der Waals surface area contributed by atoms with E-state index in [0.717, 1.165) is 42.1 Å². The maximum Gasteiger partial charge on any atom is 0.222 e. The summed E-state index contributed by atoms with van der Waals surface area (Å²) in [6.07, 6.45) is 5.42. The summed E-state index contributed by atoms with van der Waals surface area (Å²) < 4.78 is 0. The van der Waals surface area contributed by atoms with E-state index in [1.54, 1.807) is 19.3 Å². The molecule has 5 rings (SSSR count). The zero-order chi connectivity index (χ0) is 22.3. The molecule has 3 aromatic rings. The Morgan fingerprint density at radius 1 is 1.28 bits per heavy atom. The van der Waals surface area contributed by atoms with Crippen LogP contribution < -0.4 is 10.6 Å². The van der Waals surface area contributed by atoms with Crippen LogP contribution in [0, 0.1) is 11.8 Å². The second-order valence-electron chi connectivity index (χ2n) is 8.27. The molecule has 0 radical (unpaired) electrons. The Morgan fingerprint density at radius 3 is 2.84 bits per heavy atom. The lowest BCUT2D eigenvalue weighted by Gasteiger charge is -2.34. The van der Waals surface area contributed by atoms with Gasteiger partial charge in [-0.15, -0.1) is 11.3 Å². The fourth-order valence-electron chi connectivity index (χ4n) is 4.40. The molecule has 164 valence electrons. The number of nitrogens with zero attached hydrogens (tertiary/aromatic N) is 4. The van der Waals surface area contributed by atoms with Crippen molar-refractivity contribution < 1.29 is 5.11 Å². The summed E-state index contributed by atoms with van der Waals surface area (Å²) in [4.78, 5) is 14.8. The van der Waals surface area contributed by atoms with Crippen molar-refractivity contribution in [3.63, 3.8) is 0 Å². The van der Waals surface area contributed by atoms with Gasteiger partial charge in [0, 0.05) is 34.8 Å². The molecule has 0 aliphatic carbocycles. The molecule has 2 aliphatic heterocycles. The van der Waals surface area contributed by atoms with Gasteiger partial charge in [-0.1, -0.05) is 29.5 Å². The van der Waals surface area contributed by atoms with Crippen LogP contribution in [-0.4, -0.2) is 38.1 Å². The van der Waals surface area contributed by atoms with E-state index in [1.165, 1.54) is 16.9 Å². The zero-order valence-corrected chi connectivity index (χ0v) is 19.9. The molecule has 1 atom stereocenters. The molecule has 1 saturated heterocycles. The van der Waals surface area contributed by atoms with Crippen molar-refractivity contribution in [2.24, 2.45) is 0 Å². The number of rotatable bonds is 2. The van der Waals surface area contributed by atoms with Crippen molar-refractivity contribution in [3.8, 4) is 11.8 Å². The molecular formula is C23H22ClN5OS2. The smallest absolute Gasteiger partial charge is 0.222 e. The summed E-state index contributed by atoms with van der Waals surface area (Å²) in [7, 11) is 0. The van der Waals surface area contributed by atoms with Gasteiger partial charge in [-0.25, -0.2) is 9.97 Å². The van der Waals surface area contributed by atoms with Crippen LogP contribution in [0.25, 0.3) is 0 Å². The molecule has 1 spiro atoms. The van der Waals surface area contributed by atoms with Gasteiger partial charge < -0.3 is 15.7 Å². The van der Waals surface area contributed by atoms with Crippen LogP contribution in [0.5, 0.6) is 0 Å². The van der Waals surface area contributed by atoms with Gasteiger partial charge in [0.15, 0.2) is 11.4 Å². The molecular weight excluding hydrogens is 462 g/mol. The van der Waals surface area contributed by atoms with E-state index in [-0.39, 0.29) is 11.4 Å². The lowest BCUT2D eigenvalue weighted by atomic mass is 9.77. The summed E-state index contributed by atoms with van der Waals surface area (Å²) in [6, 6.07) is 6.27.